The van der Waals surface area contributed by atoms with Crippen LogP contribution in [0.15, 0.2) is 64.1 Å². The summed E-state index contributed by atoms with van der Waals surface area (Å²) in [5.41, 5.74) is 14.0. The van der Waals surface area contributed by atoms with Gasteiger partial charge in [-0.15, -0.1) is 12.4 Å². The van der Waals surface area contributed by atoms with E-state index in [1.165, 1.54) is 0 Å². The highest BCUT2D eigenvalue weighted by Crippen LogP contribution is 2.23. The second-order valence-electron chi connectivity index (χ2n) is 5.48. The molecule has 1 amide bonds. The number of anilines is 1. The third-order valence-corrected chi connectivity index (χ3v) is 3.43. The molecule has 0 aliphatic heterocycles. The van der Waals surface area contributed by atoms with E-state index in [0.717, 1.165) is 11.1 Å². The van der Waals surface area contributed by atoms with Crippen molar-refractivity contribution in [1.82, 2.24) is 5.16 Å². The maximum absolute atomic E-state index is 12.3. The predicted molar refractivity (Wildman–Crippen MR) is 104 cm³/mol. The molecule has 1 aromatic heterocycles. The molecule has 0 fully saturated rings. The number of nitrogens with one attached hydrogen (secondary N) is 1. The maximum atomic E-state index is 12.3. The van der Waals surface area contributed by atoms with E-state index in [2.05, 4.69) is 15.5 Å². The molecule has 5 N–H and O–H groups in total. The molecule has 0 aliphatic carbocycles. The van der Waals surface area contributed by atoms with Crippen LogP contribution in [0, 0.1) is 6.92 Å². The number of carbonyl (C=O) groups excluding carboxylic acids is 1. The first kappa shape index (κ1) is 19.0. The lowest BCUT2D eigenvalue weighted by Crippen LogP contribution is -2.21. The fraction of sp³-hybridized carbons (Fsp3) is 0.0556. The van der Waals surface area contributed by atoms with Gasteiger partial charge < -0.3 is 21.3 Å². The number of carbonyl (C=O) groups is 1. The molecule has 26 heavy (non-hydrogen) atoms. The van der Waals surface area contributed by atoms with Crippen LogP contribution in [0.3, 0.4) is 0 Å². The predicted octanol–water partition coefficient (Wildman–Crippen LogP) is 3.23. The average Bonchev–Trinajstić information content (AvgIpc) is 3.05. The molecular formula is C18H18ClN5O2. The number of nitrogens with two attached hydrogens (primary N) is 2. The second kappa shape index (κ2) is 8.17. The van der Waals surface area contributed by atoms with Gasteiger partial charge in [0.15, 0.2) is 17.4 Å². The molecule has 0 unspecified atom stereocenters. The van der Waals surface area contributed by atoms with Gasteiger partial charge in [-0.3, -0.25) is 4.79 Å². The Kier molecular flexibility index (Phi) is 5.98. The summed E-state index contributed by atoms with van der Waals surface area (Å²) in [6, 6.07) is 16.1. The van der Waals surface area contributed by atoms with E-state index in [1.54, 1.807) is 30.3 Å². The summed E-state index contributed by atoms with van der Waals surface area (Å²) in [4.78, 5) is 16.2. The van der Waals surface area contributed by atoms with Crippen LogP contribution < -0.4 is 16.8 Å². The van der Waals surface area contributed by atoms with E-state index in [1.807, 2.05) is 31.2 Å². The largest absolute Gasteiger partial charge is 0.370 e. The molecule has 0 saturated carbocycles. The fourth-order valence-corrected chi connectivity index (χ4v) is 2.29. The summed E-state index contributed by atoms with van der Waals surface area (Å²) < 4.78 is 5.26. The number of hydrogen-bond acceptors (Lipinski definition) is 4. The first-order valence-electron chi connectivity index (χ1n) is 7.56. The first-order chi connectivity index (χ1) is 12.0. The number of rotatable bonds is 4. The van der Waals surface area contributed by atoms with Crippen LogP contribution in [0.4, 0.5) is 11.4 Å². The smallest absolute Gasteiger partial charge is 0.277 e. The van der Waals surface area contributed by atoms with E-state index in [4.69, 9.17) is 16.0 Å². The standard InChI is InChI=1S/C18H17N5O2.ClH/c1-11-3-2-4-14(9-11)21-17(24)15-10-16(25-23-15)12-5-7-13(8-6-12)22-18(19)20;/h2-10H,1H3,(H,21,24)(H4,19,20,22);1H. The summed E-state index contributed by atoms with van der Waals surface area (Å²) in [5, 5.41) is 6.61. The molecule has 0 radical (unpaired) electrons. The molecule has 3 aromatic rings. The molecule has 8 heteroatoms. The number of aliphatic imine (C=N–C) groups is 1. The summed E-state index contributed by atoms with van der Waals surface area (Å²) in [7, 11) is 0. The Labute approximate surface area is 156 Å². The summed E-state index contributed by atoms with van der Waals surface area (Å²) in [6.07, 6.45) is 0. The highest BCUT2D eigenvalue weighted by atomic mass is 35.5. The number of nitrogens with zero attached hydrogens (tertiary/aromatic N) is 2. The third kappa shape index (κ3) is 4.61. The van der Waals surface area contributed by atoms with Gasteiger partial charge in [0.25, 0.3) is 5.91 Å². The highest BCUT2D eigenvalue weighted by Gasteiger charge is 2.14. The molecular weight excluding hydrogens is 354 g/mol. The van der Waals surface area contributed by atoms with Crippen molar-refractivity contribution in [3.8, 4) is 11.3 Å². The number of amides is 1. The summed E-state index contributed by atoms with van der Waals surface area (Å²) in [6.45, 7) is 1.95. The minimum atomic E-state index is -0.335. The van der Waals surface area contributed by atoms with Crippen LogP contribution in [0.1, 0.15) is 16.1 Å². The van der Waals surface area contributed by atoms with Crippen LogP contribution in [0.2, 0.25) is 0 Å². The van der Waals surface area contributed by atoms with E-state index >= 15 is 0 Å². The van der Waals surface area contributed by atoms with Gasteiger partial charge in [-0.05, 0) is 48.9 Å². The minimum Gasteiger partial charge on any atom is -0.370 e. The van der Waals surface area contributed by atoms with Crippen LogP contribution in [0.5, 0.6) is 0 Å². The normalized spacial score (nSPS) is 9.88. The van der Waals surface area contributed by atoms with Crippen LogP contribution >= 0.6 is 12.4 Å². The van der Waals surface area contributed by atoms with Crippen molar-refractivity contribution in [3.63, 3.8) is 0 Å². The van der Waals surface area contributed by atoms with Crippen LogP contribution in [-0.2, 0) is 0 Å². The van der Waals surface area contributed by atoms with Crippen molar-refractivity contribution in [2.75, 3.05) is 5.32 Å². The van der Waals surface area contributed by atoms with Crippen molar-refractivity contribution >= 4 is 35.6 Å². The molecule has 134 valence electrons. The molecule has 0 aliphatic rings. The zero-order chi connectivity index (χ0) is 17.8. The van der Waals surface area contributed by atoms with Crippen molar-refractivity contribution in [2.45, 2.75) is 6.92 Å². The Morgan fingerprint density at radius 3 is 2.50 bits per heavy atom. The van der Waals surface area contributed by atoms with Gasteiger partial charge in [0.1, 0.15) is 0 Å². The Balaban J connectivity index is 0.00000243. The summed E-state index contributed by atoms with van der Waals surface area (Å²) >= 11 is 0. The Bertz CT molecular complexity index is 931. The molecule has 1 heterocycles. The third-order valence-electron chi connectivity index (χ3n) is 3.43. The molecule has 0 spiro atoms. The van der Waals surface area contributed by atoms with Gasteiger partial charge in [0.05, 0.1) is 5.69 Å². The van der Waals surface area contributed by atoms with Crippen molar-refractivity contribution in [2.24, 2.45) is 16.5 Å². The van der Waals surface area contributed by atoms with Crippen LogP contribution in [-0.4, -0.2) is 17.0 Å². The molecule has 0 bridgehead atoms. The number of aryl methyl sites for hydroxylation is 1. The molecule has 2 aromatic carbocycles. The number of benzene rings is 2. The molecule has 3 rings (SSSR count). The first-order valence-corrected chi connectivity index (χ1v) is 7.56. The lowest BCUT2D eigenvalue weighted by atomic mass is 10.1. The quantitative estimate of drug-likeness (QED) is 0.480. The number of halogens is 1. The second-order valence-corrected chi connectivity index (χ2v) is 5.48. The van der Waals surface area contributed by atoms with Gasteiger partial charge >= 0.3 is 0 Å². The van der Waals surface area contributed by atoms with Crippen molar-refractivity contribution in [1.29, 1.82) is 0 Å². The van der Waals surface area contributed by atoms with E-state index < -0.39 is 0 Å². The Morgan fingerprint density at radius 2 is 1.85 bits per heavy atom. The zero-order valence-corrected chi connectivity index (χ0v) is 14.8. The number of aromatic nitrogens is 1. The number of hydrogen-bond donors (Lipinski definition) is 3. The monoisotopic (exact) mass is 371 g/mol. The SMILES string of the molecule is Cc1cccc(NC(=O)c2cc(-c3ccc(N=C(N)N)cc3)on2)c1.Cl. The van der Waals surface area contributed by atoms with Crippen molar-refractivity contribution in [3.05, 3.63) is 65.9 Å². The van der Waals surface area contributed by atoms with Crippen LogP contribution in [0.25, 0.3) is 11.3 Å². The van der Waals surface area contributed by atoms with Gasteiger partial charge in [-0.25, -0.2) is 4.99 Å². The molecule has 0 atom stereocenters. The lowest BCUT2D eigenvalue weighted by Gasteiger charge is -2.03. The topological polar surface area (TPSA) is 120 Å². The molecule has 7 nitrogen and oxygen atoms in total. The van der Waals surface area contributed by atoms with Crippen molar-refractivity contribution < 1.29 is 9.32 Å². The van der Waals surface area contributed by atoms with Gasteiger partial charge in [0, 0.05) is 17.3 Å². The highest BCUT2D eigenvalue weighted by molar-refractivity contribution is 6.03. The zero-order valence-electron chi connectivity index (χ0n) is 14.0. The molecule has 0 saturated heterocycles. The van der Waals surface area contributed by atoms with E-state index in [0.29, 0.717) is 17.1 Å². The summed E-state index contributed by atoms with van der Waals surface area (Å²) in [5.74, 6) is 0.130. The average molecular weight is 372 g/mol. The Morgan fingerprint density at radius 1 is 1.12 bits per heavy atom. The van der Waals surface area contributed by atoms with E-state index in [9.17, 15) is 4.79 Å². The Hall–Kier alpha value is -3.32. The minimum absolute atomic E-state index is 0. The van der Waals surface area contributed by atoms with Gasteiger partial charge in [-0.1, -0.05) is 17.3 Å². The lowest BCUT2D eigenvalue weighted by molar-refractivity contribution is 0.101. The van der Waals surface area contributed by atoms with E-state index in [-0.39, 0.29) is 30.0 Å². The number of guanidine groups is 1. The maximum Gasteiger partial charge on any atom is 0.277 e. The van der Waals surface area contributed by atoms with Gasteiger partial charge in [-0.2, -0.15) is 0 Å². The van der Waals surface area contributed by atoms with Gasteiger partial charge in [0.2, 0.25) is 0 Å². The fourth-order valence-electron chi connectivity index (χ4n) is 2.29.